The normalized spacial score (nSPS) is 19.3. The molecule has 3 N–H and O–H groups in total. The predicted octanol–water partition coefficient (Wildman–Crippen LogP) is 0.237. The molecule has 0 spiro atoms. The van der Waals surface area contributed by atoms with E-state index in [0.717, 1.165) is 4.47 Å². The molecule has 0 radical (unpaired) electrons. The lowest BCUT2D eigenvalue weighted by molar-refractivity contribution is -0.146. The van der Waals surface area contributed by atoms with E-state index in [0.29, 0.717) is 25.6 Å². The maximum Gasteiger partial charge on any atom is 0.159 e. The zero-order valence-corrected chi connectivity index (χ0v) is 9.20. The van der Waals surface area contributed by atoms with Crippen molar-refractivity contribution in [1.82, 2.24) is 9.78 Å². The maximum atomic E-state index is 9.21. The minimum absolute atomic E-state index is 0.115. The van der Waals surface area contributed by atoms with E-state index >= 15 is 0 Å². The highest BCUT2D eigenvalue weighted by molar-refractivity contribution is 9.10. The van der Waals surface area contributed by atoms with Gasteiger partial charge in [-0.25, -0.2) is 0 Å². The maximum absolute atomic E-state index is 9.21. The minimum Gasteiger partial charge on any atom is -0.396 e. The molecular weight excluding hydrogens is 250 g/mol. The van der Waals surface area contributed by atoms with Crippen LogP contribution in [0.25, 0.3) is 0 Å². The van der Waals surface area contributed by atoms with Crippen LogP contribution in [0.2, 0.25) is 0 Å². The van der Waals surface area contributed by atoms with Crippen molar-refractivity contribution in [2.45, 2.75) is 6.54 Å². The molecule has 0 amide bonds. The summed E-state index contributed by atoms with van der Waals surface area (Å²) in [6.45, 7) is 1.92. The van der Waals surface area contributed by atoms with Crippen molar-refractivity contribution in [2.75, 3.05) is 25.6 Å². The van der Waals surface area contributed by atoms with E-state index in [-0.39, 0.29) is 12.0 Å². The second-order valence-electron chi connectivity index (χ2n) is 3.71. The molecule has 78 valence electrons. The van der Waals surface area contributed by atoms with Gasteiger partial charge in [0, 0.05) is 6.20 Å². The molecule has 0 aliphatic carbocycles. The van der Waals surface area contributed by atoms with Gasteiger partial charge in [-0.05, 0) is 15.9 Å². The molecule has 0 aromatic carbocycles. The van der Waals surface area contributed by atoms with Gasteiger partial charge in [0.15, 0.2) is 5.82 Å². The monoisotopic (exact) mass is 261 g/mol. The lowest BCUT2D eigenvalue weighted by Crippen LogP contribution is -2.48. The Kier molecular flexibility index (Phi) is 2.50. The number of rotatable bonds is 3. The fourth-order valence-electron chi connectivity index (χ4n) is 1.46. The third kappa shape index (κ3) is 1.65. The molecule has 2 rings (SSSR count). The van der Waals surface area contributed by atoms with E-state index in [2.05, 4.69) is 21.0 Å². The topological polar surface area (TPSA) is 73.3 Å². The molecule has 0 atom stereocenters. The number of aromatic nitrogens is 2. The van der Waals surface area contributed by atoms with E-state index in [1.807, 2.05) is 6.20 Å². The molecule has 1 fully saturated rings. The summed E-state index contributed by atoms with van der Waals surface area (Å²) < 4.78 is 7.61. The molecule has 1 saturated heterocycles. The lowest BCUT2D eigenvalue weighted by Gasteiger charge is -2.39. The Morgan fingerprint density at radius 3 is 2.79 bits per heavy atom. The largest absolute Gasteiger partial charge is 0.396 e. The zero-order chi connectivity index (χ0) is 10.2. The van der Waals surface area contributed by atoms with Crippen LogP contribution in [-0.2, 0) is 11.3 Å². The number of aliphatic hydroxyl groups is 1. The fourth-order valence-corrected chi connectivity index (χ4v) is 1.78. The van der Waals surface area contributed by atoms with Crippen LogP contribution in [-0.4, -0.2) is 34.7 Å². The Labute approximate surface area is 90.0 Å². The summed E-state index contributed by atoms with van der Waals surface area (Å²) in [5, 5.41) is 13.3. The molecule has 0 bridgehead atoms. The van der Waals surface area contributed by atoms with E-state index in [1.165, 1.54) is 0 Å². The van der Waals surface area contributed by atoms with Gasteiger partial charge in [0.25, 0.3) is 0 Å². The Hall–Kier alpha value is -0.590. The molecule has 5 nitrogen and oxygen atoms in total. The molecule has 14 heavy (non-hydrogen) atoms. The van der Waals surface area contributed by atoms with Gasteiger partial charge >= 0.3 is 0 Å². The van der Waals surface area contributed by atoms with Gasteiger partial charge in [-0.1, -0.05) is 0 Å². The fraction of sp³-hybridized carbons (Fsp3) is 0.625. The third-order valence-electron chi connectivity index (χ3n) is 2.39. The van der Waals surface area contributed by atoms with Gasteiger partial charge in [0.05, 0.1) is 36.3 Å². The molecule has 1 aromatic rings. The highest BCUT2D eigenvalue weighted by Crippen LogP contribution is 2.29. The summed E-state index contributed by atoms with van der Waals surface area (Å²) >= 11 is 3.28. The van der Waals surface area contributed by atoms with Gasteiger partial charge in [-0.2, -0.15) is 5.10 Å². The molecule has 1 aliphatic heterocycles. The Morgan fingerprint density at radius 2 is 2.43 bits per heavy atom. The van der Waals surface area contributed by atoms with Crippen molar-refractivity contribution in [2.24, 2.45) is 5.41 Å². The second-order valence-corrected chi connectivity index (χ2v) is 4.57. The number of nitrogens with zero attached hydrogens (tertiary/aromatic N) is 2. The molecule has 2 heterocycles. The van der Waals surface area contributed by atoms with E-state index in [4.69, 9.17) is 10.5 Å². The van der Waals surface area contributed by atoms with Crippen LogP contribution in [0.1, 0.15) is 0 Å². The number of anilines is 1. The number of nitrogens with two attached hydrogens (primary N) is 1. The first-order chi connectivity index (χ1) is 6.65. The highest BCUT2D eigenvalue weighted by atomic mass is 79.9. The standard InChI is InChI=1S/C8H12BrN3O2/c9-6-1-12(11-7(6)10)2-8(3-13)4-14-5-8/h1,13H,2-5H2,(H2,10,11). The van der Waals surface area contributed by atoms with Crippen molar-refractivity contribution >= 4 is 21.7 Å². The van der Waals surface area contributed by atoms with Crippen LogP contribution in [0.3, 0.4) is 0 Å². The van der Waals surface area contributed by atoms with Crippen molar-refractivity contribution in [1.29, 1.82) is 0 Å². The van der Waals surface area contributed by atoms with E-state index in [9.17, 15) is 5.11 Å². The third-order valence-corrected chi connectivity index (χ3v) is 3.00. The first-order valence-electron chi connectivity index (χ1n) is 4.32. The molecule has 0 unspecified atom stereocenters. The average molecular weight is 262 g/mol. The van der Waals surface area contributed by atoms with Crippen molar-refractivity contribution in [3.63, 3.8) is 0 Å². The first kappa shape index (κ1) is 9.95. The van der Waals surface area contributed by atoms with Crippen molar-refractivity contribution in [3.05, 3.63) is 10.7 Å². The van der Waals surface area contributed by atoms with Gasteiger partial charge < -0.3 is 15.6 Å². The summed E-state index contributed by atoms with van der Waals surface area (Å²) in [5.74, 6) is 0.471. The summed E-state index contributed by atoms with van der Waals surface area (Å²) in [6, 6.07) is 0. The van der Waals surface area contributed by atoms with Crippen LogP contribution >= 0.6 is 15.9 Å². The Balaban J connectivity index is 2.09. The molecular formula is C8H12BrN3O2. The summed E-state index contributed by atoms with van der Waals surface area (Å²) in [7, 11) is 0. The quantitative estimate of drug-likeness (QED) is 0.818. The van der Waals surface area contributed by atoms with Gasteiger partial charge in [0.1, 0.15) is 0 Å². The van der Waals surface area contributed by atoms with Gasteiger partial charge in [-0.3, -0.25) is 4.68 Å². The van der Waals surface area contributed by atoms with Crippen LogP contribution < -0.4 is 5.73 Å². The molecule has 1 aromatic heterocycles. The Morgan fingerprint density at radius 1 is 1.71 bits per heavy atom. The number of hydrogen-bond acceptors (Lipinski definition) is 4. The first-order valence-corrected chi connectivity index (χ1v) is 5.12. The number of ether oxygens (including phenoxy) is 1. The zero-order valence-electron chi connectivity index (χ0n) is 7.61. The number of halogens is 1. The Bertz CT molecular complexity index is 310. The molecule has 0 saturated carbocycles. The number of nitrogen functional groups attached to an aromatic ring is 1. The highest BCUT2D eigenvalue weighted by Gasteiger charge is 2.38. The van der Waals surface area contributed by atoms with Crippen molar-refractivity contribution in [3.8, 4) is 0 Å². The minimum atomic E-state index is -0.169. The lowest BCUT2D eigenvalue weighted by atomic mass is 9.87. The number of aliphatic hydroxyl groups excluding tert-OH is 1. The second kappa shape index (κ2) is 3.52. The number of hydrogen-bond donors (Lipinski definition) is 2. The predicted molar refractivity (Wildman–Crippen MR) is 54.7 cm³/mol. The summed E-state index contributed by atoms with van der Waals surface area (Å²) in [5.41, 5.74) is 5.42. The van der Waals surface area contributed by atoms with Crippen molar-refractivity contribution < 1.29 is 9.84 Å². The van der Waals surface area contributed by atoms with E-state index < -0.39 is 0 Å². The van der Waals surface area contributed by atoms with Crippen LogP contribution in [0.15, 0.2) is 10.7 Å². The molecule has 1 aliphatic rings. The van der Waals surface area contributed by atoms with Crippen LogP contribution in [0, 0.1) is 5.41 Å². The van der Waals surface area contributed by atoms with E-state index in [1.54, 1.807) is 4.68 Å². The molecule has 6 heteroatoms. The van der Waals surface area contributed by atoms with Gasteiger partial charge in [0.2, 0.25) is 0 Å². The average Bonchev–Trinajstić information content (AvgIpc) is 2.39. The van der Waals surface area contributed by atoms with Crippen LogP contribution in [0.4, 0.5) is 5.82 Å². The summed E-state index contributed by atoms with van der Waals surface area (Å²) in [6.07, 6.45) is 1.81. The SMILES string of the molecule is Nc1nn(CC2(CO)COC2)cc1Br. The summed E-state index contributed by atoms with van der Waals surface area (Å²) in [4.78, 5) is 0. The van der Waals surface area contributed by atoms with Crippen LogP contribution in [0.5, 0.6) is 0 Å². The van der Waals surface area contributed by atoms with Gasteiger partial charge in [-0.15, -0.1) is 0 Å². The smallest absolute Gasteiger partial charge is 0.159 e.